The van der Waals surface area contributed by atoms with Gasteiger partial charge in [0, 0.05) is 17.8 Å². The van der Waals surface area contributed by atoms with Crippen molar-refractivity contribution in [3.05, 3.63) is 37.3 Å². The Kier molecular flexibility index (Phi) is 3.94. The van der Waals surface area contributed by atoms with Crippen molar-refractivity contribution in [1.82, 2.24) is 15.5 Å². The molecule has 96 valence electrons. The molecule has 2 rings (SSSR count). The maximum absolute atomic E-state index is 11.9. The molecule has 18 heavy (non-hydrogen) atoms. The number of carbonyl (C=O) groups is 1. The Morgan fingerprint density at radius 2 is 2.22 bits per heavy atom. The number of rotatable bonds is 3. The smallest absolute Gasteiger partial charge is 0.253 e. The van der Waals surface area contributed by atoms with E-state index in [1.807, 2.05) is 13.8 Å². The minimum Gasteiger partial charge on any atom is -0.348 e. The van der Waals surface area contributed by atoms with Crippen LogP contribution in [0.4, 0.5) is 0 Å². The standard InChI is InChI=1S/C11H11Cl2N3OS/c1-5-8(6(2)16-15-5)4-14-11(17)7-3-9(12)18-10(7)13/h3H,4H2,1-2H3,(H,14,17)(H,15,16). The van der Waals surface area contributed by atoms with E-state index in [0.29, 0.717) is 20.8 Å². The van der Waals surface area contributed by atoms with E-state index in [-0.39, 0.29) is 5.91 Å². The summed E-state index contributed by atoms with van der Waals surface area (Å²) in [6, 6.07) is 1.57. The lowest BCUT2D eigenvalue weighted by Gasteiger charge is -2.04. The van der Waals surface area contributed by atoms with Gasteiger partial charge in [0.2, 0.25) is 0 Å². The summed E-state index contributed by atoms with van der Waals surface area (Å²) in [5.41, 5.74) is 3.22. The molecule has 2 heterocycles. The number of aromatic amines is 1. The van der Waals surface area contributed by atoms with Crippen molar-refractivity contribution in [3.8, 4) is 0 Å². The maximum Gasteiger partial charge on any atom is 0.253 e. The number of nitrogens with one attached hydrogen (secondary N) is 2. The summed E-state index contributed by atoms with van der Waals surface area (Å²) in [5.74, 6) is -0.233. The molecular formula is C11H11Cl2N3OS. The fourth-order valence-corrected chi connectivity index (χ4v) is 3.05. The number of nitrogens with zero attached hydrogens (tertiary/aromatic N) is 1. The highest BCUT2D eigenvalue weighted by atomic mass is 35.5. The molecule has 4 nitrogen and oxygen atoms in total. The van der Waals surface area contributed by atoms with Crippen molar-refractivity contribution in [2.75, 3.05) is 0 Å². The summed E-state index contributed by atoms with van der Waals surface area (Å²) in [5, 5.41) is 9.74. The first-order valence-electron chi connectivity index (χ1n) is 5.22. The van der Waals surface area contributed by atoms with Gasteiger partial charge in [0.25, 0.3) is 5.91 Å². The number of halogens is 2. The van der Waals surface area contributed by atoms with Gasteiger partial charge in [0.15, 0.2) is 0 Å². The molecule has 0 unspecified atom stereocenters. The molecule has 2 aromatic rings. The molecule has 0 spiro atoms. The van der Waals surface area contributed by atoms with E-state index in [9.17, 15) is 4.79 Å². The van der Waals surface area contributed by atoms with Crippen LogP contribution in [-0.4, -0.2) is 16.1 Å². The van der Waals surface area contributed by atoms with Crippen molar-refractivity contribution < 1.29 is 4.79 Å². The second-order valence-electron chi connectivity index (χ2n) is 3.83. The first kappa shape index (κ1) is 13.4. The monoisotopic (exact) mass is 303 g/mol. The first-order valence-corrected chi connectivity index (χ1v) is 6.79. The van der Waals surface area contributed by atoms with Gasteiger partial charge in [0.1, 0.15) is 4.34 Å². The van der Waals surface area contributed by atoms with E-state index < -0.39 is 0 Å². The maximum atomic E-state index is 11.9. The molecule has 7 heteroatoms. The normalized spacial score (nSPS) is 10.7. The van der Waals surface area contributed by atoms with Crippen molar-refractivity contribution in [2.45, 2.75) is 20.4 Å². The average Bonchev–Trinajstić information content (AvgIpc) is 2.80. The number of H-pyrrole nitrogens is 1. The minimum absolute atomic E-state index is 0.233. The van der Waals surface area contributed by atoms with Crippen molar-refractivity contribution in [2.24, 2.45) is 0 Å². The fraction of sp³-hybridized carbons (Fsp3) is 0.273. The summed E-state index contributed by atoms with van der Waals surface area (Å²) in [6.45, 7) is 4.21. The Labute approximate surface area is 118 Å². The highest BCUT2D eigenvalue weighted by molar-refractivity contribution is 7.20. The average molecular weight is 304 g/mol. The van der Waals surface area contributed by atoms with E-state index in [1.165, 1.54) is 11.3 Å². The number of thiophene rings is 1. The Morgan fingerprint density at radius 3 is 2.72 bits per heavy atom. The van der Waals surface area contributed by atoms with Crippen LogP contribution in [0.1, 0.15) is 27.3 Å². The van der Waals surface area contributed by atoms with Gasteiger partial charge in [-0.1, -0.05) is 23.2 Å². The van der Waals surface area contributed by atoms with Crippen LogP contribution in [-0.2, 0) is 6.54 Å². The van der Waals surface area contributed by atoms with Crippen LogP contribution in [0.15, 0.2) is 6.07 Å². The first-order chi connectivity index (χ1) is 8.49. The largest absolute Gasteiger partial charge is 0.348 e. The Balaban J connectivity index is 2.07. The Bertz CT molecular complexity index is 572. The molecule has 0 saturated heterocycles. The zero-order valence-electron chi connectivity index (χ0n) is 9.80. The van der Waals surface area contributed by atoms with Gasteiger partial charge in [0.05, 0.1) is 15.6 Å². The van der Waals surface area contributed by atoms with Gasteiger partial charge in [-0.15, -0.1) is 11.3 Å². The van der Waals surface area contributed by atoms with Gasteiger partial charge >= 0.3 is 0 Å². The Hall–Kier alpha value is -1.04. The second kappa shape index (κ2) is 5.30. The number of hydrogen-bond acceptors (Lipinski definition) is 3. The van der Waals surface area contributed by atoms with E-state index in [1.54, 1.807) is 6.07 Å². The van der Waals surface area contributed by atoms with Gasteiger partial charge in [-0.05, 0) is 19.9 Å². The van der Waals surface area contributed by atoms with Crippen molar-refractivity contribution >= 4 is 40.4 Å². The van der Waals surface area contributed by atoms with Gasteiger partial charge in [-0.25, -0.2) is 0 Å². The summed E-state index contributed by atoms with van der Waals surface area (Å²) < 4.78 is 0.902. The van der Waals surface area contributed by atoms with E-state index in [4.69, 9.17) is 23.2 Å². The van der Waals surface area contributed by atoms with Crippen LogP contribution in [0, 0.1) is 13.8 Å². The van der Waals surface area contributed by atoms with Crippen LogP contribution in [0.5, 0.6) is 0 Å². The third-order valence-corrected chi connectivity index (χ3v) is 4.10. The molecular weight excluding hydrogens is 293 g/mol. The second-order valence-corrected chi connectivity index (χ2v) is 6.12. The summed E-state index contributed by atoms with van der Waals surface area (Å²) in [6.07, 6.45) is 0. The SMILES string of the molecule is Cc1n[nH]c(C)c1CNC(=O)c1cc(Cl)sc1Cl. The van der Waals surface area contributed by atoms with Crippen molar-refractivity contribution in [3.63, 3.8) is 0 Å². The molecule has 0 atom stereocenters. The number of carbonyl (C=O) groups excluding carboxylic acids is 1. The molecule has 0 fully saturated rings. The molecule has 1 amide bonds. The zero-order valence-corrected chi connectivity index (χ0v) is 12.1. The molecule has 0 aromatic carbocycles. The molecule has 2 N–H and O–H groups in total. The fourth-order valence-electron chi connectivity index (χ4n) is 1.59. The zero-order chi connectivity index (χ0) is 13.3. The number of hydrogen-bond donors (Lipinski definition) is 2. The topological polar surface area (TPSA) is 57.8 Å². The van der Waals surface area contributed by atoms with Crippen LogP contribution in [0.25, 0.3) is 0 Å². The van der Waals surface area contributed by atoms with E-state index in [0.717, 1.165) is 17.0 Å². The minimum atomic E-state index is -0.233. The predicted octanol–water partition coefficient (Wildman–Crippen LogP) is 3.32. The lowest BCUT2D eigenvalue weighted by Crippen LogP contribution is -2.23. The summed E-state index contributed by atoms with van der Waals surface area (Å²) in [7, 11) is 0. The van der Waals surface area contributed by atoms with E-state index in [2.05, 4.69) is 15.5 Å². The molecule has 0 bridgehead atoms. The number of aromatic nitrogens is 2. The third kappa shape index (κ3) is 2.68. The van der Waals surface area contributed by atoms with E-state index >= 15 is 0 Å². The quantitative estimate of drug-likeness (QED) is 0.914. The molecule has 0 aliphatic carbocycles. The lowest BCUT2D eigenvalue weighted by molar-refractivity contribution is 0.0951. The van der Waals surface area contributed by atoms with Crippen molar-refractivity contribution in [1.29, 1.82) is 0 Å². The van der Waals surface area contributed by atoms with Gasteiger partial charge in [-0.3, -0.25) is 9.89 Å². The highest BCUT2D eigenvalue weighted by Crippen LogP contribution is 2.31. The number of amides is 1. The lowest BCUT2D eigenvalue weighted by atomic mass is 10.2. The molecule has 0 aliphatic heterocycles. The Morgan fingerprint density at radius 1 is 1.50 bits per heavy atom. The van der Waals surface area contributed by atoms with Crippen LogP contribution >= 0.6 is 34.5 Å². The van der Waals surface area contributed by atoms with Crippen LogP contribution in [0.3, 0.4) is 0 Å². The summed E-state index contributed by atoms with van der Waals surface area (Å²) in [4.78, 5) is 11.9. The molecule has 0 saturated carbocycles. The highest BCUT2D eigenvalue weighted by Gasteiger charge is 2.15. The number of aryl methyl sites for hydroxylation is 2. The van der Waals surface area contributed by atoms with Crippen LogP contribution < -0.4 is 5.32 Å². The predicted molar refractivity (Wildman–Crippen MR) is 73.6 cm³/mol. The van der Waals surface area contributed by atoms with Gasteiger partial charge in [-0.2, -0.15) is 5.10 Å². The van der Waals surface area contributed by atoms with Crippen LogP contribution in [0.2, 0.25) is 8.67 Å². The van der Waals surface area contributed by atoms with Gasteiger partial charge < -0.3 is 5.32 Å². The molecule has 0 aliphatic rings. The molecule has 2 aromatic heterocycles. The summed E-state index contributed by atoms with van der Waals surface area (Å²) >= 11 is 12.9. The molecule has 0 radical (unpaired) electrons. The third-order valence-electron chi connectivity index (χ3n) is 2.61.